The predicted molar refractivity (Wildman–Crippen MR) is 312 cm³/mol. The molecule has 0 saturated heterocycles. The zero-order valence-electron chi connectivity index (χ0n) is 48.7. The summed E-state index contributed by atoms with van der Waals surface area (Å²) in [5.41, 5.74) is 0. The van der Waals surface area contributed by atoms with Crippen LogP contribution in [0.2, 0.25) is 0 Å². The number of hydrogen-bond donors (Lipinski definition) is 0. The molecule has 0 rings (SSSR count). The van der Waals surface area contributed by atoms with Crippen molar-refractivity contribution in [2.24, 2.45) is 0 Å². The van der Waals surface area contributed by atoms with Crippen molar-refractivity contribution in [1.29, 1.82) is 0 Å². The maximum absolute atomic E-state index is 12.9. The normalized spacial score (nSPS) is 12.1. The summed E-state index contributed by atoms with van der Waals surface area (Å²) in [6.07, 6.45) is 73.6. The highest BCUT2D eigenvalue weighted by Gasteiger charge is 2.19. The first-order chi connectivity index (χ1) is 35.5. The average Bonchev–Trinajstić information content (AvgIpc) is 3.38. The van der Waals surface area contributed by atoms with Gasteiger partial charge in [0.05, 0.1) is 0 Å². The van der Waals surface area contributed by atoms with Crippen LogP contribution < -0.4 is 0 Å². The average molecular weight is 1010 g/mol. The van der Waals surface area contributed by atoms with Gasteiger partial charge in [0.2, 0.25) is 0 Å². The molecule has 0 fully saturated rings. The Morgan fingerprint density at radius 2 is 0.500 bits per heavy atom. The van der Waals surface area contributed by atoms with Gasteiger partial charge in [0.1, 0.15) is 13.2 Å². The van der Waals surface area contributed by atoms with Gasteiger partial charge in [0.15, 0.2) is 6.10 Å². The predicted octanol–water partition coefficient (Wildman–Crippen LogP) is 21.8. The number of carbonyl (C=O) groups is 3. The van der Waals surface area contributed by atoms with Crippen LogP contribution in [-0.4, -0.2) is 37.2 Å². The topological polar surface area (TPSA) is 78.9 Å². The molecule has 1 unspecified atom stereocenters. The molecule has 0 aromatic carbocycles. The Bertz CT molecular complexity index is 1160. The third-order valence-electron chi connectivity index (χ3n) is 14.7. The van der Waals surface area contributed by atoms with Gasteiger partial charge in [-0.05, 0) is 51.4 Å². The molecular formula is C66H124O6. The number of carbonyl (C=O) groups excluding carboxylic acids is 3. The Morgan fingerprint density at radius 1 is 0.278 bits per heavy atom. The van der Waals surface area contributed by atoms with Crippen molar-refractivity contribution < 1.29 is 28.6 Å². The molecule has 1 atom stereocenters. The van der Waals surface area contributed by atoms with Crippen LogP contribution in [0.25, 0.3) is 0 Å². The van der Waals surface area contributed by atoms with Gasteiger partial charge in [-0.1, -0.05) is 315 Å². The van der Waals surface area contributed by atoms with E-state index < -0.39 is 6.10 Å². The quantitative estimate of drug-likeness (QED) is 0.0261. The smallest absolute Gasteiger partial charge is 0.306 e. The fourth-order valence-corrected chi connectivity index (χ4v) is 9.83. The molecule has 0 bridgehead atoms. The summed E-state index contributed by atoms with van der Waals surface area (Å²) in [4.78, 5) is 38.1. The second-order valence-electron chi connectivity index (χ2n) is 22.0. The number of allylic oxidation sites excluding steroid dienone is 4. The summed E-state index contributed by atoms with van der Waals surface area (Å²) in [6, 6.07) is 0. The summed E-state index contributed by atoms with van der Waals surface area (Å²) >= 11 is 0. The minimum atomic E-state index is -0.765. The lowest BCUT2D eigenvalue weighted by atomic mass is 10.0. The van der Waals surface area contributed by atoms with Crippen molar-refractivity contribution in [2.75, 3.05) is 13.2 Å². The maximum Gasteiger partial charge on any atom is 0.306 e. The largest absolute Gasteiger partial charge is 0.462 e. The SMILES string of the molecule is CCCCCCC/C=C\C/C=C\CCCCCCCCCCCCCCCC(=O)OCC(COC(=O)CCCCCCCCC)OC(=O)CCCCCCCCCCCCCCCCCCCCCCCC. The Morgan fingerprint density at radius 3 is 0.764 bits per heavy atom. The van der Waals surface area contributed by atoms with Crippen molar-refractivity contribution in [3.63, 3.8) is 0 Å². The van der Waals surface area contributed by atoms with Crippen molar-refractivity contribution >= 4 is 17.9 Å². The number of esters is 3. The fraction of sp³-hybridized carbons (Fsp3) is 0.894. The molecule has 0 aliphatic carbocycles. The van der Waals surface area contributed by atoms with E-state index in [0.29, 0.717) is 19.3 Å². The molecule has 6 heteroatoms. The highest BCUT2D eigenvalue weighted by molar-refractivity contribution is 5.71. The molecular weight excluding hydrogens is 889 g/mol. The van der Waals surface area contributed by atoms with Crippen molar-refractivity contribution in [3.05, 3.63) is 24.3 Å². The summed E-state index contributed by atoms with van der Waals surface area (Å²) in [5, 5.41) is 0. The number of rotatable bonds is 60. The standard InChI is InChI=1S/C66H124O6/c1-4-7-10-13-16-18-20-22-24-26-28-30-32-33-34-36-37-39-41-43-45-47-50-53-56-59-65(68)71-62-63(61-70-64(67)58-55-52-49-15-12-9-6-3)72-66(69)60-57-54-51-48-46-44-42-40-38-35-31-29-27-25-23-21-19-17-14-11-8-5-2/h20,22,26,28,63H,4-19,21,23-25,27,29-62H2,1-3H3/b22-20-,28-26-. The first-order valence-corrected chi connectivity index (χ1v) is 32.3. The first-order valence-electron chi connectivity index (χ1n) is 32.3. The molecule has 0 saturated carbocycles. The van der Waals surface area contributed by atoms with E-state index in [9.17, 15) is 14.4 Å². The van der Waals surface area contributed by atoms with E-state index in [1.807, 2.05) is 0 Å². The second-order valence-corrected chi connectivity index (χ2v) is 22.0. The maximum atomic E-state index is 12.9. The molecule has 0 radical (unpaired) electrons. The highest BCUT2D eigenvalue weighted by Crippen LogP contribution is 2.18. The Labute approximate surface area is 449 Å². The lowest BCUT2D eigenvalue weighted by Gasteiger charge is -2.18. The van der Waals surface area contributed by atoms with E-state index in [0.717, 1.165) is 64.2 Å². The molecule has 0 aliphatic rings. The molecule has 6 nitrogen and oxygen atoms in total. The molecule has 0 amide bonds. The van der Waals surface area contributed by atoms with Crippen LogP contribution in [0.3, 0.4) is 0 Å². The van der Waals surface area contributed by atoms with E-state index >= 15 is 0 Å². The van der Waals surface area contributed by atoms with Crippen LogP contribution in [0.5, 0.6) is 0 Å². The van der Waals surface area contributed by atoms with Gasteiger partial charge in [-0.25, -0.2) is 0 Å². The molecule has 0 N–H and O–H groups in total. The zero-order chi connectivity index (χ0) is 52.2. The molecule has 424 valence electrons. The van der Waals surface area contributed by atoms with Crippen molar-refractivity contribution in [2.45, 2.75) is 367 Å². The van der Waals surface area contributed by atoms with E-state index in [2.05, 4.69) is 45.1 Å². The lowest BCUT2D eigenvalue weighted by Crippen LogP contribution is -2.30. The van der Waals surface area contributed by atoms with Crippen LogP contribution >= 0.6 is 0 Å². The van der Waals surface area contributed by atoms with E-state index in [1.54, 1.807) is 0 Å². The molecule has 0 aliphatic heterocycles. The van der Waals surface area contributed by atoms with Gasteiger partial charge in [0, 0.05) is 19.3 Å². The Balaban J connectivity index is 4.07. The van der Waals surface area contributed by atoms with Crippen LogP contribution in [-0.2, 0) is 28.6 Å². The third kappa shape index (κ3) is 58.8. The van der Waals surface area contributed by atoms with Gasteiger partial charge in [-0.3, -0.25) is 14.4 Å². The fourth-order valence-electron chi connectivity index (χ4n) is 9.83. The van der Waals surface area contributed by atoms with E-state index in [4.69, 9.17) is 14.2 Å². The van der Waals surface area contributed by atoms with Crippen LogP contribution in [0, 0.1) is 0 Å². The van der Waals surface area contributed by atoms with E-state index in [1.165, 1.54) is 257 Å². The number of ether oxygens (including phenoxy) is 3. The minimum absolute atomic E-state index is 0.0660. The molecule has 0 aromatic heterocycles. The zero-order valence-corrected chi connectivity index (χ0v) is 48.7. The molecule has 0 heterocycles. The molecule has 0 spiro atoms. The van der Waals surface area contributed by atoms with E-state index in [-0.39, 0.29) is 31.1 Å². The second kappa shape index (κ2) is 61.4. The van der Waals surface area contributed by atoms with Crippen molar-refractivity contribution in [1.82, 2.24) is 0 Å². The van der Waals surface area contributed by atoms with Gasteiger partial charge in [-0.15, -0.1) is 0 Å². The van der Waals surface area contributed by atoms with Crippen LogP contribution in [0.4, 0.5) is 0 Å². The summed E-state index contributed by atoms with van der Waals surface area (Å²) in [5.74, 6) is -0.848. The Hall–Kier alpha value is -2.11. The lowest BCUT2D eigenvalue weighted by molar-refractivity contribution is -0.167. The third-order valence-corrected chi connectivity index (χ3v) is 14.7. The minimum Gasteiger partial charge on any atom is -0.462 e. The molecule has 72 heavy (non-hydrogen) atoms. The highest BCUT2D eigenvalue weighted by atomic mass is 16.6. The van der Waals surface area contributed by atoms with Crippen molar-refractivity contribution in [3.8, 4) is 0 Å². The summed E-state index contributed by atoms with van der Waals surface area (Å²) in [7, 11) is 0. The van der Waals surface area contributed by atoms with Gasteiger partial charge >= 0.3 is 17.9 Å². The Kier molecular flexibility index (Phi) is 59.6. The summed E-state index contributed by atoms with van der Waals surface area (Å²) < 4.78 is 16.9. The summed E-state index contributed by atoms with van der Waals surface area (Å²) in [6.45, 7) is 6.65. The number of hydrogen-bond acceptors (Lipinski definition) is 6. The van der Waals surface area contributed by atoms with Gasteiger partial charge in [0.25, 0.3) is 0 Å². The van der Waals surface area contributed by atoms with Gasteiger partial charge < -0.3 is 14.2 Å². The van der Waals surface area contributed by atoms with Crippen LogP contribution in [0.15, 0.2) is 24.3 Å². The monoisotopic (exact) mass is 1010 g/mol. The first kappa shape index (κ1) is 69.9. The molecule has 0 aromatic rings. The van der Waals surface area contributed by atoms with Gasteiger partial charge in [-0.2, -0.15) is 0 Å². The number of unbranched alkanes of at least 4 members (excludes halogenated alkanes) is 45. The van der Waals surface area contributed by atoms with Crippen LogP contribution in [0.1, 0.15) is 361 Å².